The smallest absolute Gasteiger partial charge is 0.323 e. The van der Waals surface area contributed by atoms with Crippen molar-refractivity contribution in [2.45, 2.75) is 25.2 Å². The number of likely N-dealkylation sites (tertiary alicyclic amines) is 1. The number of carbonyl (C=O) groups is 1. The molecule has 134 valence electrons. The Morgan fingerprint density at radius 3 is 2.68 bits per heavy atom. The molecule has 2 heterocycles. The van der Waals surface area contributed by atoms with E-state index >= 15 is 0 Å². The van der Waals surface area contributed by atoms with E-state index in [1.165, 1.54) is 16.5 Å². The maximum absolute atomic E-state index is 11.9. The number of hydrogen-bond donors (Lipinski definition) is 1. The molecule has 2 atom stereocenters. The number of β-amino-alcohol motifs (C(OH)–C–C–N with tert-alkyl or cyclic N) is 1. The summed E-state index contributed by atoms with van der Waals surface area (Å²) in [5.74, 6) is 0.347. The van der Waals surface area contributed by atoms with E-state index in [4.69, 9.17) is 21.7 Å². The first kappa shape index (κ1) is 17.5. The van der Waals surface area contributed by atoms with Crippen LogP contribution in [0.4, 0.5) is 0 Å². The van der Waals surface area contributed by atoms with Gasteiger partial charge in [-0.15, -0.1) is 0 Å². The lowest BCUT2D eigenvalue weighted by molar-refractivity contribution is -0.146. The number of hydrogen-bond acceptors (Lipinski definition) is 8. The molecule has 0 spiro atoms. The average molecular weight is 365 g/mol. The molecular weight excluding hydrogens is 346 g/mol. The molecule has 0 unspecified atom stereocenters. The number of nitrogens with zero attached hydrogens (tertiary/aromatic N) is 5. The lowest BCUT2D eigenvalue weighted by Gasteiger charge is -2.21. The Bertz CT molecular complexity index is 803. The Morgan fingerprint density at radius 1 is 1.32 bits per heavy atom. The second-order valence-corrected chi connectivity index (χ2v) is 6.08. The second-order valence-electron chi connectivity index (χ2n) is 5.71. The minimum absolute atomic E-state index is 0.242. The van der Waals surface area contributed by atoms with Gasteiger partial charge < -0.3 is 14.6 Å². The largest absolute Gasteiger partial charge is 0.497 e. The van der Waals surface area contributed by atoms with Gasteiger partial charge in [-0.2, -0.15) is 4.68 Å². The quantitative estimate of drug-likeness (QED) is 0.600. The van der Waals surface area contributed by atoms with Crippen molar-refractivity contribution in [3.05, 3.63) is 29.0 Å². The minimum atomic E-state index is -0.588. The molecule has 2 aromatic rings. The van der Waals surface area contributed by atoms with Gasteiger partial charge >= 0.3 is 5.97 Å². The van der Waals surface area contributed by atoms with Crippen molar-refractivity contribution in [1.29, 1.82) is 0 Å². The van der Waals surface area contributed by atoms with Crippen LogP contribution < -0.4 is 4.74 Å². The summed E-state index contributed by atoms with van der Waals surface area (Å²) in [5, 5.41) is 18.0. The van der Waals surface area contributed by atoms with E-state index in [9.17, 15) is 9.90 Å². The molecule has 9 nitrogen and oxygen atoms in total. The lowest BCUT2D eigenvalue weighted by atomic mass is 10.2. The highest BCUT2D eigenvalue weighted by Gasteiger charge is 2.37. The molecule has 25 heavy (non-hydrogen) atoms. The molecule has 0 amide bonds. The molecule has 1 aliphatic heterocycles. The van der Waals surface area contributed by atoms with Crippen molar-refractivity contribution in [2.24, 2.45) is 0 Å². The van der Waals surface area contributed by atoms with E-state index in [1.807, 2.05) is 12.1 Å². The van der Waals surface area contributed by atoms with Gasteiger partial charge in [-0.05, 0) is 46.9 Å². The number of esters is 1. The first-order chi connectivity index (χ1) is 12.0. The first-order valence-electron chi connectivity index (χ1n) is 7.70. The van der Waals surface area contributed by atoms with Gasteiger partial charge in [0, 0.05) is 13.0 Å². The van der Waals surface area contributed by atoms with Crippen LogP contribution in [-0.4, -0.2) is 68.7 Å². The number of rotatable bonds is 5. The fourth-order valence-electron chi connectivity index (χ4n) is 2.84. The number of aliphatic hydroxyl groups is 1. The third kappa shape index (κ3) is 3.55. The Morgan fingerprint density at radius 2 is 2.04 bits per heavy atom. The second kappa shape index (κ2) is 7.30. The average Bonchev–Trinajstić information content (AvgIpc) is 3.17. The van der Waals surface area contributed by atoms with Crippen LogP contribution in [0.15, 0.2) is 24.3 Å². The molecule has 3 rings (SSSR count). The summed E-state index contributed by atoms with van der Waals surface area (Å²) in [4.78, 5) is 13.6. The van der Waals surface area contributed by atoms with E-state index in [2.05, 4.69) is 10.4 Å². The predicted molar refractivity (Wildman–Crippen MR) is 89.9 cm³/mol. The highest BCUT2D eigenvalue weighted by Crippen LogP contribution is 2.20. The van der Waals surface area contributed by atoms with Gasteiger partial charge in [0.15, 0.2) is 0 Å². The van der Waals surface area contributed by atoms with E-state index in [0.29, 0.717) is 17.7 Å². The molecule has 10 heteroatoms. The Labute approximate surface area is 149 Å². The fraction of sp³-hybridized carbons (Fsp3) is 0.467. The molecule has 0 bridgehead atoms. The zero-order chi connectivity index (χ0) is 18.0. The number of aliphatic hydroxyl groups excluding tert-OH is 1. The van der Waals surface area contributed by atoms with Gasteiger partial charge in [0.1, 0.15) is 11.8 Å². The van der Waals surface area contributed by atoms with Crippen molar-refractivity contribution in [1.82, 2.24) is 24.7 Å². The van der Waals surface area contributed by atoms with Gasteiger partial charge in [0.25, 0.3) is 0 Å². The third-order valence-electron chi connectivity index (χ3n) is 4.13. The van der Waals surface area contributed by atoms with Crippen molar-refractivity contribution in [3.8, 4) is 11.4 Å². The molecule has 1 aliphatic rings. The van der Waals surface area contributed by atoms with E-state index in [1.54, 1.807) is 24.1 Å². The number of ether oxygens (including phenoxy) is 2. The van der Waals surface area contributed by atoms with Gasteiger partial charge in [-0.25, -0.2) is 4.68 Å². The number of methoxy groups -OCH3 is 2. The van der Waals surface area contributed by atoms with Gasteiger partial charge in [0.2, 0.25) is 4.77 Å². The topological polar surface area (TPSA) is 94.6 Å². The normalized spacial score (nSPS) is 20.6. The van der Waals surface area contributed by atoms with Crippen molar-refractivity contribution < 1.29 is 19.4 Å². The molecule has 0 saturated carbocycles. The number of carbonyl (C=O) groups excluding carboxylic acids is 1. The molecule has 1 saturated heterocycles. The zero-order valence-electron chi connectivity index (χ0n) is 13.9. The summed E-state index contributed by atoms with van der Waals surface area (Å²) in [5.41, 5.74) is 0.753. The molecule has 1 aromatic heterocycles. The van der Waals surface area contributed by atoms with Crippen LogP contribution in [0.5, 0.6) is 5.75 Å². The van der Waals surface area contributed by atoms with E-state index in [-0.39, 0.29) is 12.6 Å². The van der Waals surface area contributed by atoms with Crippen LogP contribution in [0.1, 0.15) is 6.42 Å². The van der Waals surface area contributed by atoms with Crippen molar-refractivity contribution in [2.75, 3.05) is 20.8 Å². The van der Waals surface area contributed by atoms with Crippen LogP contribution in [0.3, 0.4) is 0 Å². The molecule has 1 aromatic carbocycles. The van der Waals surface area contributed by atoms with E-state index in [0.717, 1.165) is 11.4 Å². The summed E-state index contributed by atoms with van der Waals surface area (Å²) in [6.45, 7) is 0.586. The van der Waals surface area contributed by atoms with Crippen LogP contribution >= 0.6 is 12.2 Å². The maximum atomic E-state index is 11.9. The fourth-order valence-corrected chi connectivity index (χ4v) is 3.07. The van der Waals surface area contributed by atoms with Crippen LogP contribution in [0, 0.1) is 4.77 Å². The Hall–Kier alpha value is -2.30. The monoisotopic (exact) mass is 365 g/mol. The van der Waals surface area contributed by atoms with Gasteiger partial charge in [-0.1, -0.05) is 0 Å². The molecule has 0 aliphatic carbocycles. The third-order valence-corrected chi connectivity index (χ3v) is 4.51. The molecule has 1 N–H and O–H groups in total. The summed E-state index contributed by atoms with van der Waals surface area (Å²) in [6.07, 6.45) is -0.262. The molecular formula is C15H19N5O4S. The van der Waals surface area contributed by atoms with Crippen LogP contribution in [0.25, 0.3) is 5.69 Å². The summed E-state index contributed by atoms with van der Waals surface area (Å²) in [7, 11) is 2.93. The number of tetrazole rings is 1. The van der Waals surface area contributed by atoms with Crippen LogP contribution in [-0.2, 0) is 16.2 Å². The highest BCUT2D eigenvalue weighted by molar-refractivity contribution is 7.71. The first-order valence-corrected chi connectivity index (χ1v) is 8.11. The van der Waals surface area contributed by atoms with Gasteiger partial charge in [-0.3, -0.25) is 9.69 Å². The Balaban J connectivity index is 1.81. The highest BCUT2D eigenvalue weighted by atomic mass is 32.1. The minimum Gasteiger partial charge on any atom is -0.497 e. The predicted octanol–water partition coefficient (Wildman–Crippen LogP) is 0.373. The van der Waals surface area contributed by atoms with Crippen molar-refractivity contribution >= 4 is 18.2 Å². The standard InChI is InChI=1S/C15H19N5O4S/c1-23-12-5-3-10(4-6-12)20-15(25)19(16-17-20)9-18-8-11(21)7-13(18)14(22)24-2/h3-6,11,13,21H,7-9H2,1-2H3/t11-,13+/m1/s1. The zero-order valence-corrected chi connectivity index (χ0v) is 14.7. The molecule has 0 radical (unpaired) electrons. The van der Waals surface area contributed by atoms with E-state index < -0.39 is 12.1 Å². The number of benzene rings is 1. The van der Waals surface area contributed by atoms with Crippen LogP contribution in [0.2, 0.25) is 0 Å². The van der Waals surface area contributed by atoms with Crippen molar-refractivity contribution in [3.63, 3.8) is 0 Å². The summed E-state index contributed by atoms with van der Waals surface area (Å²) < 4.78 is 13.3. The maximum Gasteiger partial charge on any atom is 0.323 e. The molecule has 1 fully saturated rings. The van der Waals surface area contributed by atoms with Gasteiger partial charge in [0.05, 0.1) is 32.7 Å². The summed E-state index contributed by atoms with van der Waals surface area (Å²) in [6, 6.07) is 6.74. The number of aromatic nitrogens is 4. The summed E-state index contributed by atoms with van der Waals surface area (Å²) >= 11 is 5.43. The Kier molecular flexibility index (Phi) is 5.11. The SMILES string of the molecule is COC(=O)[C@@H]1C[C@@H](O)CN1Cn1nnn(-c2ccc(OC)cc2)c1=S. The lowest BCUT2D eigenvalue weighted by Crippen LogP contribution is -2.38.